The molecule has 13 nitrogen and oxygen atoms in total. The third-order valence-electron chi connectivity index (χ3n) is 7.24. The van der Waals surface area contributed by atoms with Gasteiger partial charge in [0.25, 0.3) is 0 Å². The zero-order valence-corrected chi connectivity index (χ0v) is 31.1. The monoisotopic (exact) mass is 757 g/mol. The highest BCUT2D eigenvalue weighted by atomic mass is 35.5. The van der Waals surface area contributed by atoms with E-state index >= 15 is 0 Å². The predicted octanol–water partition coefficient (Wildman–Crippen LogP) is 7.57. The number of anilines is 1. The second-order valence-corrected chi connectivity index (χ2v) is 15.5. The van der Waals surface area contributed by atoms with Crippen molar-refractivity contribution in [2.45, 2.75) is 74.8 Å². The van der Waals surface area contributed by atoms with Crippen LogP contribution in [0.1, 0.15) is 39.5 Å². The fourth-order valence-corrected chi connectivity index (χ4v) is 7.75. The molecule has 0 aliphatic carbocycles. The van der Waals surface area contributed by atoms with Crippen LogP contribution in [0.15, 0.2) is 70.6 Å². The Morgan fingerprint density at radius 3 is 2.74 bits per heavy atom. The number of rotatable bonds is 12. The molecule has 1 aliphatic heterocycles. The zero-order chi connectivity index (χ0) is 35.3. The van der Waals surface area contributed by atoms with Gasteiger partial charge in [0.15, 0.2) is 11.4 Å². The quantitative estimate of drug-likeness (QED) is 0.0990. The Balaban J connectivity index is 1.21. The molecule has 0 radical (unpaired) electrons. The number of carbonyl (C=O) groups excluding carboxylic acids is 1. The van der Waals surface area contributed by atoms with E-state index in [-0.39, 0.29) is 12.6 Å². The Kier molecular flexibility index (Phi) is 11.8. The fraction of sp³-hybridized carbons (Fsp3) is 0.394. The summed E-state index contributed by atoms with van der Waals surface area (Å²) in [6, 6.07) is 11.7. The van der Waals surface area contributed by atoms with Crippen molar-refractivity contribution < 1.29 is 28.5 Å². The maximum Gasteiger partial charge on any atom is 0.413 e. The highest BCUT2D eigenvalue weighted by Crippen LogP contribution is 2.39. The van der Waals surface area contributed by atoms with Gasteiger partial charge in [-0.25, -0.2) is 19.4 Å². The number of nitrogens with one attached hydrogen (secondary N) is 1. The fourth-order valence-electron chi connectivity index (χ4n) is 4.88. The SMILES string of the molecule is CO[C@@H](Cn1cc(-c2csc(NC(=O)OC(C)(C)C)n2)nn1)C(OC1COC(c2ccccc2)O[C@@H]1C)Sc1cc(Cl)cnc1-c1nccs1. The van der Waals surface area contributed by atoms with Crippen molar-refractivity contribution in [1.82, 2.24) is 29.9 Å². The van der Waals surface area contributed by atoms with Gasteiger partial charge in [0.2, 0.25) is 0 Å². The number of pyridine rings is 1. The Morgan fingerprint density at radius 1 is 1.20 bits per heavy atom. The molecule has 1 aliphatic rings. The number of thioether (sulfide) groups is 1. The van der Waals surface area contributed by atoms with E-state index in [9.17, 15) is 4.79 Å². The van der Waals surface area contributed by atoms with Gasteiger partial charge in [0.1, 0.15) is 45.3 Å². The first kappa shape index (κ1) is 36.3. The Hall–Kier alpha value is -3.48. The molecular weight excluding hydrogens is 722 g/mol. The molecule has 1 amide bonds. The summed E-state index contributed by atoms with van der Waals surface area (Å²) < 4.78 is 32.2. The van der Waals surface area contributed by atoms with Crippen LogP contribution in [-0.2, 0) is 30.2 Å². The number of methoxy groups -OCH3 is 1. The van der Waals surface area contributed by atoms with Gasteiger partial charge in [-0.05, 0) is 33.8 Å². The van der Waals surface area contributed by atoms with Gasteiger partial charge in [-0.3, -0.25) is 10.3 Å². The number of benzene rings is 1. The first-order chi connectivity index (χ1) is 24.0. The second kappa shape index (κ2) is 16.2. The number of ether oxygens (including phenoxy) is 5. The maximum atomic E-state index is 12.2. The largest absolute Gasteiger partial charge is 0.444 e. The summed E-state index contributed by atoms with van der Waals surface area (Å²) in [5, 5.41) is 16.6. The summed E-state index contributed by atoms with van der Waals surface area (Å²) in [4.78, 5) is 26.6. The molecule has 1 fully saturated rings. The third-order valence-corrected chi connectivity index (χ3v) is 10.2. The molecule has 0 saturated carbocycles. The summed E-state index contributed by atoms with van der Waals surface area (Å²) in [7, 11) is 1.62. The lowest BCUT2D eigenvalue weighted by Gasteiger charge is -2.38. The van der Waals surface area contributed by atoms with Crippen molar-refractivity contribution in [3.8, 4) is 22.1 Å². The summed E-state index contributed by atoms with van der Waals surface area (Å²) in [6.07, 6.45) is 2.78. The van der Waals surface area contributed by atoms with Crippen molar-refractivity contribution >= 4 is 57.3 Å². The van der Waals surface area contributed by atoms with E-state index in [0.717, 1.165) is 15.5 Å². The molecule has 5 heterocycles. The van der Waals surface area contributed by atoms with Crippen molar-refractivity contribution in [2.24, 2.45) is 0 Å². The van der Waals surface area contributed by atoms with Gasteiger partial charge in [0.05, 0.1) is 30.5 Å². The van der Waals surface area contributed by atoms with Gasteiger partial charge < -0.3 is 23.7 Å². The van der Waals surface area contributed by atoms with Gasteiger partial charge in [-0.15, -0.1) is 27.8 Å². The van der Waals surface area contributed by atoms with E-state index in [0.29, 0.717) is 33.8 Å². The Bertz CT molecular complexity index is 1850. The smallest absolute Gasteiger partial charge is 0.413 e. The van der Waals surface area contributed by atoms with Crippen LogP contribution in [-0.4, -0.2) is 79.1 Å². The lowest BCUT2D eigenvalue weighted by molar-refractivity contribution is -0.267. The van der Waals surface area contributed by atoms with Crippen LogP contribution in [0.25, 0.3) is 22.1 Å². The molecule has 4 aromatic heterocycles. The standard InChI is InChI=1S/C33H36ClN7O6S3/c1-19-25(17-44-29(45-19)20-9-7-6-8-10-20)46-30(50-26-13-21(34)14-36-27(26)28-35-11-12-48-28)24(43-5)16-41-15-22(39-40-41)23-18-49-31(37-23)38-32(42)47-33(2,3)4/h6-15,18-19,24-25,29-30H,16-17H2,1-5H3,(H,37,38,42)/t19-,24+,25?,29?,30?/m1/s1. The molecule has 17 heteroatoms. The minimum atomic E-state index is -0.629. The number of halogens is 1. The molecule has 5 atom stereocenters. The van der Waals surface area contributed by atoms with Crippen molar-refractivity contribution in [3.63, 3.8) is 0 Å². The van der Waals surface area contributed by atoms with Gasteiger partial charge >= 0.3 is 6.09 Å². The van der Waals surface area contributed by atoms with Crippen LogP contribution in [0.5, 0.6) is 0 Å². The van der Waals surface area contributed by atoms with Crippen LogP contribution >= 0.6 is 46.0 Å². The molecule has 264 valence electrons. The molecule has 1 saturated heterocycles. The van der Waals surface area contributed by atoms with Crippen LogP contribution in [0.3, 0.4) is 0 Å². The van der Waals surface area contributed by atoms with E-state index in [2.05, 4.69) is 30.6 Å². The van der Waals surface area contributed by atoms with E-state index in [1.807, 2.05) is 48.7 Å². The minimum Gasteiger partial charge on any atom is -0.444 e. The number of thiazole rings is 2. The van der Waals surface area contributed by atoms with E-state index in [4.69, 9.17) is 35.3 Å². The topological polar surface area (TPSA) is 145 Å². The van der Waals surface area contributed by atoms with Gasteiger partial charge in [-0.1, -0.05) is 58.9 Å². The van der Waals surface area contributed by atoms with Crippen molar-refractivity contribution in [1.29, 1.82) is 0 Å². The van der Waals surface area contributed by atoms with Crippen LogP contribution < -0.4 is 5.32 Å². The summed E-state index contributed by atoms with van der Waals surface area (Å²) >= 11 is 10.6. The molecular formula is C33H36ClN7O6S3. The zero-order valence-electron chi connectivity index (χ0n) is 27.9. The number of hydrogen-bond donors (Lipinski definition) is 1. The van der Waals surface area contributed by atoms with E-state index in [1.54, 1.807) is 56.5 Å². The highest BCUT2D eigenvalue weighted by molar-refractivity contribution is 8.00. The van der Waals surface area contributed by atoms with Crippen LogP contribution in [0.2, 0.25) is 5.02 Å². The average Bonchev–Trinajstić information content (AvgIpc) is 3.87. The lowest BCUT2D eigenvalue weighted by atomic mass is 10.1. The average molecular weight is 758 g/mol. The number of hydrogen-bond acceptors (Lipinski definition) is 14. The molecule has 1 N–H and O–H groups in total. The predicted molar refractivity (Wildman–Crippen MR) is 192 cm³/mol. The van der Waals surface area contributed by atoms with Gasteiger partial charge in [0, 0.05) is 40.7 Å². The Labute approximate surface area is 306 Å². The highest BCUT2D eigenvalue weighted by Gasteiger charge is 2.36. The van der Waals surface area contributed by atoms with Crippen LogP contribution in [0, 0.1) is 0 Å². The molecule has 6 rings (SSSR count). The first-order valence-electron chi connectivity index (χ1n) is 15.6. The van der Waals surface area contributed by atoms with Crippen molar-refractivity contribution in [3.05, 3.63) is 76.3 Å². The molecule has 0 spiro atoms. The number of aromatic nitrogens is 6. The Morgan fingerprint density at radius 2 is 2.02 bits per heavy atom. The molecule has 3 unspecified atom stereocenters. The third kappa shape index (κ3) is 9.44. The van der Waals surface area contributed by atoms with E-state index < -0.39 is 35.6 Å². The lowest BCUT2D eigenvalue weighted by Crippen LogP contribution is -2.45. The first-order valence-corrected chi connectivity index (χ1v) is 18.6. The number of amides is 1. The molecule has 0 bridgehead atoms. The maximum absolute atomic E-state index is 12.2. The minimum absolute atomic E-state index is 0.282. The summed E-state index contributed by atoms with van der Waals surface area (Å²) in [6.45, 7) is 7.94. The number of nitrogens with zero attached hydrogens (tertiary/aromatic N) is 6. The molecule has 1 aromatic carbocycles. The summed E-state index contributed by atoms with van der Waals surface area (Å²) in [5.74, 6) is 0. The normalized spacial score (nSPS) is 19.2. The molecule has 5 aromatic rings. The van der Waals surface area contributed by atoms with Gasteiger partial charge in [-0.2, -0.15) is 0 Å². The van der Waals surface area contributed by atoms with E-state index in [1.165, 1.54) is 34.4 Å². The second-order valence-electron chi connectivity index (χ2n) is 12.2. The van der Waals surface area contributed by atoms with Crippen molar-refractivity contribution in [2.75, 3.05) is 19.0 Å². The molecule has 50 heavy (non-hydrogen) atoms. The summed E-state index contributed by atoms with van der Waals surface area (Å²) in [5.41, 5.74) is 1.48. The number of carbonyl (C=O) groups is 1. The van der Waals surface area contributed by atoms with Crippen LogP contribution in [0.4, 0.5) is 9.93 Å².